The Labute approximate surface area is 90.4 Å². The number of likely N-dealkylation sites (tertiary alicyclic amines) is 1. The van der Waals surface area contributed by atoms with Crippen LogP contribution in [0.5, 0.6) is 0 Å². The first-order valence-electron chi connectivity index (χ1n) is 5.41. The number of hydrogen-bond donors (Lipinski definition) is 1. The van der Waals surface area contributed by atoms with E-state index >= 15 is 0 Å². The van der Waals surface area contributed by atoms with Crippen molar-refractivity contribution in [1.82, 2.24) is 9.80 Å². The quantitative estimate of drug-likeness (QED) is 0.716. The Morgan fingerprint density at radius 3 is 2.86 bits per heavy atom. The van der Waals surface area contributed by atoms with Crippen molar-refractivity contribution in [2.45, 2.75) is 6.04 Å². The molecule has 2 saturated heterocycles. The normalized spacial score (nSPS) is 31.7. The number of nitrogens with zero attached hydrogens (tertiary/aromatic N) is 2. The summed E-state index contributed by atoms with van der Waals surface area (Å²) in [5.74, 6) is 3.19. The molecule has 1 N–H and O–H groups in total. The highest BCUT2D eigenvalue weighted by Crippen LogP contribution is 2.20. The molecule has 0 bridgehead atoms. The lowest BCUT2D eigenvalue weighted by atomic mass is 10.00. The van der Waals surface area contributed by atoms with Crippen LogP contribution in [0.3, 0.4) is 0 Å². The predicted molar refractivity (Wildman–Crippen MR) is 60.8 cm³/mol. The van der Waals surface area contributed by atoms with Crippen LogP contribution in [0, 0.1) is 5.92 Å². The molecule has 0 aromatic rings. The van der Waals surface area contributed by atoms with Crippen LogP contribution in [0.15, 0.2) is 0 Å². The van der Waals surface area contributed by atoms with Crippen molar-refractivity contribution in [2.24, 2.45) is 5.92 Å². The molecule has 82 valence electrons. The monoisotopic (exact) mass is 216 g/mol. The molecule has 0 unspecified atom stereocenters. The second kappa shape index (κ2) is 4.84. The maximum Gasteiger partial charge on any atom is 0.0594 e. The molecule has 2 aliphatic rings. The number of aliphatic hydroxyl groups excluding tert-OH is 1. The Balaban J connectivity index is 1.77. The zero-order valence-corrected chi connectivity index (χ0v) is 9.67. The third-order valence-corrected chi connectivity index (χ3v) is 4.28. The molecule has 2 fully saturated rings. The highest BCUT2D eigenvalue weighted by molar-refractivity contribution is 7.99. The van der Waals surface area contributed by atoms with Gasteiger partial charge in [-0.15, -0.1) is 0 Å². The summed E-state index contributed by atoms with van der Waals surface area (Å²) in [5, 5.41) is 9.25. The summed E-state index contributed by atoms with van der Waals surface area (Å²) in [6, 6.07) is 0.416. The van der Waals surface area contributed by atoms with Gasteiger partial charge in [-0.25, -0.2) is 0 Å². The van der Waals surface area contributed by atoms with Crippen LogP contribution in [0.25, 0.3) is 0 Å². The fourth-order valence-electron chi connectivity index (χ4n) is 2.37. The molecule has 2 heterocycles. The first kappa shape index (κ1) is 10.7. The molecule has 2 aliphatic heterocycles. The molecule has 0 spiro atoms. The minimum Gasteiger partial charge on any atom is -0.395 e. The molecule has 3 nitrogen and oxygen atoms in total. The summed E-state index contributed by atoms with van der Waals surface area (Å²) >= 11 is 1.97. The summed E-state index contributed by atoms with van der Waals surface area (Å²) in [7, 11) is 2.17. The van der Waals surface area contributed by atoms with Gasteiger partial charge in [0.1, 0.15) is 0 Å². The molecule has 2 rings (SSSR count). The van der Waals surface area contributed by atoms with Crippen LogP contribution in [0.4, 0.5) is 0 Å². The Bertz CT molecular complexity index is 185. The lowest BCUT2D eigenvalue weighted by Gasteiger charge is -2.42. The Kier molecular flexibility index (Phi) is 3.71. The zero-order chi connectivity index (χ0) is 9.97. The third kappa shape index (κ3) is 2.42. The highest BCUT2D eigenvalue weighted by Gasteiger charge is 2.29. The fraction of sp³-hybridized carbons (Fsp3) is 1.00. The van der Waals surface area contributed by atoms with E-state index in [1.807, 2.05) is 11.8 Å². The van der Waals surface area contributed by atoms with Crippen molar-refractivity contribution in [2.75, 3.05) is 51.3 Å². The van der Waals surface area contributed by atoms with Gasteiger partial charge in [-0.3, -0.25) is 4.90 Å². The van der Waals surface area contributed by atoms with Gasteiger partial charge in [0, 0.05) is 43.7 Å². The van der Waals surface area contributed by atoms with Crippen molar-refractivity contribution in [3.8, 4) is 0 Å². The van der Waals surface area contributed by atoms with E-state index < -0.39 is 0 Å². The first-order chi connectivity index (χ1) is 6.79. The van der Waals surface area contributed by atoms with Gasteiger partial charge in [0.05, 0.1) is 6.61 Å². The van der Waals surface area contributed by atoms with Crippen LogP contribution < -0.4 is 0 Å². The molecule has 0 saturated carbocycles. The third-order valence-electron chi connectivity index (χ3n) is 3.19. The number of hydrogen-bond acceptors (Lipinski definition) is 4. The van der Waals surface area contributed by atoms with E-state index in [1.54, 1.807) is 0 Å². The second-order valence-electron chi connectivity index (χ2n) is 4.49. The summed E-state index contributed by atoms with van der Waals surface area (Å²) < 4.78 is 0. The Hall–Kier alpha value is 0.230. The van der Waals surface area contributed by atoms with Crippen molar-refractivity contribution in [3.05, 3.63) is 0 Å². The molecule has 1 atom stereocenters. The standard InChI is InChI=1S/C10H20N2OS/c1-11-4-9(5-11)6-12-2-3-14-8-10(12)7-13/h9-10,13H,2-8H2,1H3/t10-/m1/s1. The van der Waals surface area contributed by atoms with Crippen LogP contribution in [0.2, 0.25) is 0 Å². The lowest BCUT2D eigenvalue weighted by Crippen LogP contribution is -2.54. The topological polar surface area (TPSA) is 26.7 Å². The van der Waals surface area contributed by atoms with Gasteiger partial charge >= 0.3 is 0 Å². The maximum atomic E-state index is 9.25. The van der Waals surface area contributed by atoms with Crippen LogP contribution in [-0.2, 0) is 0 Å². The Morgan fingerprint density at radius 1 is 1.43 bits per heavy atom. The van der Waals surface area contributed by atoms with Crippen LogP contribution in [-0.4, -0.2) is 72.3 Å². The van der Waals surface area contributed by atoms with Gasteiger partial charge in [0.2, 0.25) is 0 Å². The van der Waals surface area contributed by atoms with Crippen molar-refractivity contribution in [1.29, 1.82) is 0 Å². The smallest absolute Gasteiger partial charge is 0.0594 e. The van der Waals surface area contributed by atoms with Crippen molar-refractivity contribution in [3.63, 3.8) is 0 Å². The number of thioether (sulfide) groups is 1. The average Bonchev–Trinajstić information content (AvgIpc) is 2.16. The molecule has 0 aromatic heterocycles. The van der Waals surface area contributed by atoms with Crippen molar-refractivity contribution < 1.29 is 5.11 Å². The average molecular weight is 216 g/mol. The van der Waals surface area contributed by atoms with Gasteiger partial charge < -0.3 is 10.0 Å². The van der Waals surface area contributed by atoms with Crippen LogP contribution in [0.1, 0.15) is 0 Å². The molecule has 0 radical (unpaired) electrons. The largest absolute Gasteiger partial charge is 0.395 e. The predicted octanol–water partition coefficient (Wildman–Crippen LogP) is -0.0423. The lowest BCUT2D eigenvalue weighted by molar-refractivity contribution is 0.0609. The molecular weight excluding hydrogens is 196 g/mol. The van der Waals surface area contributed by atoms with Crippen LogP contribution >= 0.6 is 11.8 Å². The highest BCUT2D eigenvalue weighted by atomic mass is 32.2. The first-order valence-corrected chi connectivity index (χ1v) is 6.56. The van der Waals surface area contributed by atoms with E-state index in [9.17, 15) is 5.11 Å². The summed E-state index contributed by atoms with van der Waals surface area (Å²) in [6.07, 6.45) is 0. The zero-order valence-electron chi connectivity index (χ0n) is 8.85. The molecule has 4 heteroatoms. The molecule has 0 aromatic carbocycles. The molecule has 0 aliphatic carbocycles. The maximum absolute atomic E-state index is 9.25. The minimum absolute atomic E-state index is 0.329. The minimum atomic E-state index is 0.329. The molecule has 0 amide bonds. The van der Waals surface area contributed by atoms with E-state index in [0.717, 1.165) is 18.2 Å². The SMILES string of the molecule is CN1CC(CN2CCSC[C@H]2CO)C1. The van der Waals surface area contributed by atoms with Gasteiger partial charge in [0.15, 0.2) is 0 Å². The van der Waals surface area contributed by atoms with E-state index in [-0.39, 0.29) is 0 Å². The second-order valence-corrected chi connectivity index (χ2v) is 5.64. The number of aliphatic hydroxyl groups is 1. The van der Waals surface area contributed by atoms with Gasteiger partial charge in [-0.05, 0) is 13.0 Å². The van der Waals surface area contributed by atoms with E-state index in [0.29, 0.717) is 12.6 Å². The van der Waals surface area contributed by atoms with Gasteiger partial charge in [0.25, 0.3) is 0 Å². The van der Waals surface area contributed by atoms with E-state index in [4.69, 9.17) is 0 Å². The van der Waals surface area contributed by atoms with Crippen molar-refractivity contribution >= 4 is 11.8 Å². The molecule has 14 heavy (non-hydrogen) atoms. The molecular formula is C10H20N2OS. The number of rotatable bonds is 3. The summed E-state index contributed by atoms with van der Waals surface area (Å²) in [5.41, 5.74) is 0. The Morgan fingerprint density at radius 2 is 2.21 bits per heavy atom. The fourth-order valence-corrected chi connectivity index (χ4v) is 3.49. The van der Waals surface area contributed by atoms with Gasteiger partial charge in [-0.1, -0.05) is 0 Å². The van der Waals surface area contributed by atoms with E-state index in [2.05, 4.69) is 16.8 Å². The van der Waals surface area contributed by atoms with Gasteiger partial charge in [-0.2, -0.15) is 11.8 Å². The van der Waals surface area contributed by atoms with E-state index in [1.165, 1.54) is 25.4 Å². The summed E-state index contributed by atoms with van der Waals surface area (Å²) in [6.45, 7) is 5.16. The summed E-state index contributed by atoms with van der Waals surface area (Å²) in [4.78, 5) is 4.84.